The molecule has 43 heavy (non-hydrogen) atoms. The molecule has 0 spiro atoms. The highest BCUT2D eigenvalue weighted by Gasteiger charge is 2.49. The van der Waals surface area contributed by atoms with Crippen molar-refractivity contribution < 1.29 is 13.9 Å². The maximum atomic E-state index is 14.1. The molecule has 0 saturated carbocycles. The van der Waals surface area contributed by atoms with Crippen molar-refractivity contribution in [2.75, 3.05) is 56.6 Å². The number of alkyl halides is 1. The summed E-state index contributed by atoms with van der Waals surface area (Å²) in [5.74, 6) is 0.888. The van der Waals surface area contributed by atoms with Crippen molar-refractivity contribution in [3.05, 3.63) is 65.3 Å². The minimum absolute atomic E-state index is 0.0764. The van der Waals surface area contributed by atoms with Gasteiger partial charge in [0.25, 0.3) is 0 Å². The summed E-state index contributed by atoms with van der Waals surface area (Å²) in [6.45, 7) is 8.64. The number of fused-ring (bicyclic) bond motifs is 3. The Kier molecular flexibility index (Phi) is 8.73. The molecule has 1 aromatic heterocycles. The lowest BCUT2D eigenvalue weighted by molar-refractivity contribution is -0.124. The number of rotatable bonds is 6. The number of benzene rings is 2. The Morgan fingerprint density at radius 1 is 1.16 bits per heavy atom. The van der Waals surface area contributed by atoms with Gasteiger partial charge < -0.3 is 19.9 Å². The lowest BCUT2D eigenvalue weighted by Gasteiger charge is -2.33. The Bertz CT molecular complexity index is 1490. The van der Waals surface area contributed by atoms with Crippen molar-refractivity contribution in [2.24, 2.45) is 0 Å². The van der Waals surface area contributed by atoms with Crippen LogP contribution in [0.3, 0.4) is 0 Å². The number of likely N-dealkylation sites (tertiary alicyclic amines) is 1. The van der Waals surface area contributed by atoms with Crippen LogP contribution in [0.4, 0.5) is 15.9 Å². The Morgan fingerprint density at radius 3 is 2.72 bits per heavy atom. The van der Waals surface area contributed by atoms with Crippen LogP contribution in [0.25, 0.3) is 10.8 Å². The Hall–Kier alpha value is -3.43. The lowest BCUT2D eigenvalue weighted by Crippen LogP contribution is -2.43. The standard InChI is InChI=1S/C26H29ClFN5O.C7H11NO/c1-29-24-19-9-12-32(22-8-3-6-17-5-2-7-20(27)23(17)22)15-21(19)30-25(31-24)34-16-26-10-4-11-33(26)14-18(28)13-26;1-2-7(9)8-5-3-4-6-8/h2-3,5-8,18H,4,9-16H2,1H3,(H,29,30,31);2H,1,3-6H2. The highest BCUT2D eigenvalue weighted by atomic mass is 35.5. The van der Waals surface area contributed by atoms with Gasteiger partial charge in [-0.1, -0.05) is 42.4 Å². The van der Waals surface area contributed by atoms with Crippen molar-refractivity contribution in [1.29, 1.82) is 0 Å². The minimum atomic E-state index is -0.776. The van der Waals surface area contributed by atoms with Crippen LogP contribution < -0.4 is 15.0 Å². The highest BCUT2D eigenvalue weighted by Crippen LogP contribution is 2.41. The number of aromatic nitrogens is 2. The fourth-order valence-corrected chi connectivity index (χ4v) is 7.42. The zero-order valence-corrected chi connectivity index (χ0v) is 25.6. The van der Waals surface area contributed by atoms with Crippen LogP contribution in [0.1, 0.15) is 43.4 Å². The predicted octanol–water partition coefficient (Wildman–Crippen LogP) is 5.64. The van der Waals surface area contributed by atoms with E-state index in [0.717, 1.165) is 96.8 Å². The molecule has 228 valence electrons. The molecule has 1 N–H and O–H groups in total. The van der Waals surface area contributed by atoms with E-state index in [1.165, 1.54) is 6.08 Å². The molecule has 3 fully saturated rings. The third kappa shape index (κ3) is 6.02. The van der Waals surface area contributed by atoms with Crippen molar-refractivity contribution in [2.45, 2.75) is 56.8 Å². The fourth-order valence-electron chi connectivity index (χ4n) is 7.14. The molecule has 4 aliphatic heterocycles. The first kappa shape index (κ1) is 29.6. The number of halogens is 2. The van der Waals surface area contributed by atoms with E-state index in [4.69, 9.17) is 21.3 Å². The van der Waals surface area contributed by atoms with Gasteiger partial charge in [-0.2, -0.15) is 9.97 Å². The molecule has 10 heteroatoms. The monoisotopic (exact) mass is 606 g/mol. The number of amides is 1. The zero-order chi connectivity index (χ0) is 30.0. The van der Waals surface area contributed by atoms with Crippen molar-refractivity contribution in [3.63, 3.8) is 0 Å². The number of nitrogens with one attached hydrogen (secondary N) is 1. The molecule has 8 nitrogen and oxygen atoms in total. The SMILES string of the molecule is C=CC(=O)N1CCCC1.CNc1nc(OCC23CCCN2CC(F)C3)nc2c1CCN(c1cccc3cccc(Cl)c13)C2. The molecule has 3 aromatic rings. The summed E-state index contributed by atoms with van der Waals surface area (Å²) in [6, 6.07) is 12.7. The first-order valence-electron chi connectivity index (χ1n) is 15.3. The third-order valence-corrected chi connectivity index (χ3v) is 9.59. The number of carbonyl (C=O) groups is 1. The summed E-state index contributed by atoms with van der Waals surface area (Å²) in [5, 5.41) is 6.17. The zero-order valence-electron chi connectivity index (χ0n) is 24.8. The maximum Gasteiger partial charge on any atom is 0.318 e. The average molecular weight is 607 g/mol. The second kappa shape index (κ2) is 12.7. The molecule has 3 saturated heterocycles. The summed E-state index contributed by atoms with van der Waals surface area (Å²) >= 11 is 6.60. The quantitative estimate of drug-likeness (QED) is 0.364. The fraction of sp³-hybridized carbons (Fsp3) is 0.485. The normalized spacial score (nSPS) is 23.0. The van der Waals surface area contributed by atoms with Gasteiger partial charge in [0, 0.05) is 56.3 Å². The average Bonchev–Trinajstić information content (AvgIpc) is 3.76. The molecular formula is C33H40ClFN6O2. The maximum absolute atomic E-state index is 14.1. The van der Waals surface area contributed by atoms with E-state index in [9.17, 15) is 9.18 Å². The van der Waals surface area contributed by atoms with E-state index in [2.05, 4.69) is 50.9 Å². The van der Waals surface area contributed by atoms with Crippen LogP contribution in [0.2, 0.25) is 5.02 Å². The van der Waals surface area contributed by atoms with Gasteiger partial charge in [-0.15, -0.1) is 0 Å². The van der Waals surface area contributed by atoms with Crippen LogP contribution in [0, 0.1) is 0 Å². The van der Waals surface area contributed by atoms with Gasteiger partial charge in [-0.3, -0.25) is 9.69 Å². The molecule has 2 atom stereocenters. The molecule has 2 unspecified atom stereocenters. The first-order valence-corrected chi connectivity index (χ1v) is 15.7. The van der Waals surface area contributed by atoms with Gasteiger partial charge in [0.1, 0.15) is 18.6 Å². The van der Waals surface area contributed by atoms with Crippen LogP contribution in [-0.4, -0.2) is 83.8 Å². The summed E-state index contributed by atoms with van der Waals surface area (Å²) in [6.07, 6.45) is 6.32. The van der Waals surface area contributed by atoms with Crippen molar-refractivity contribution >= 4 is 39.8 Å². The number of hydrogen-bond acceptors (Lipinski definition) is 7. The lowest BCUT2D eigenvalue weighted by atomic mass is 9.95. The summed E-state index contributed by atoms with van der Waals surface area (Å²) in [5.41, 5.74) is 2.98. The molecule has 5 heterocycles. The molecule has 7 rings (SSSR count). The van der Waals surface area contributed by atoms with Gasteiger partial charge >= 0.3 is 6.01 Å². The van der Waals surface area contributed by atoms with E-state index < -0.39 is 6.17 Å². The molecule has 1 amide bonds. The van der Waals surface area contributed by atoms with Crippen molar-refractivity contribution in [1.82, 2.24) is 19.8 Å². The van der Waals surface area contributed by atoms with Crippen LogP contribution in [-0.2, 0) is 17.8 Å². The Labute approximate surface area is 257 Å². The van der Waals surface area contributed by atoms with E-state index in [1.807, 2.05) is 24.1 Å². The number of anilines is 2. The number of ether oxygens (including phenoxy) is 1. The predicted molar refractivity (Wildman–Crippen MR) is 170 cm³/mol. The second-order valence-electron chi connectivity index (χ2n) is 11.9. The van der Waals surface area contributed by atoms with Crippen LogP contribution >= 0.6 is 11.6 Å². The summed E-state index contributed by atoms with van der Waals surface area (Å²) in [4.78, 5) is 26.7. The number of nitrogens with zero attached hydrogens (tertiary/aromatic N) is 5. The number of hydrogen-bond donors (Lipinski definition) is 1. The molecule has 4 aliphatic rings. The highest BCUT2D eigenvalue weighted by molar-refractivity contribution is 6.36. The topological polar surface area (TPSA) is 73.8 Å². The summed E-state index contributed by atoms with van der Waals surface area (Å²) < 4.78 is 20.3. The first-order chi connectivity index (χ1) is 20.9. The molecule has 0 bridgehead atoms. The van der Waals surface area contributed by atoms with Crippen molar-refractivity contribution in [3.8, 4) is 6.01 Å². The minimum Gasteiger partial charge on any atom is -0.461 e. The third-order valence-electron chi connectivity index (χ3n) is 9.28. The van der Waals surface area contributed by atoms with E-state index in [0.29, 0.717) is 32.1 Å². The summed E-state index contributed by atoms with van der Waals surface area (Å²) in [7, 11) is 1.88. The van der Waals surface area contributed by atoms with E-state index in [-0.39, 0.29) is 11.4 Å². The largest absolute Gasteiger partial charge is 0.461 e. The van der Waals surface area contributed by atoms with Gasteiger partial charge in [-0.25, -0.2) is 4.39 Å². The second-order valence-corrected chi connectivity index (χ2v) is 12.3. The number of carbonyl (C=O) groups excluding carboxylic acids is 1. The van der Waals surface area contributed by atoms with Gasteiger partial charge in [0.15, 0.2) is 0 Å². The molecule has 0 radical (unpaired) electrons. The van der Waals surface area contributed by atoms with Gasteiger partial charge in [0.2, 0.25) is 5.91 Å². The molecule has 2 aromatic carbocycles. The van der Waals surface area contributed by atoms with Gasteiger partial charge in [-0.05, 0) is 62.2 Å². The van der Waals surface area contributed by atoms with Crippen LogP contribution in [0.15, 0.2) is 49.1 Å². The molecule has 0 aliphatic carbocycles. The Balaban J connectivity index is 0.000000315. The van der Waals surface area contributed by atoms with E-state index >= 15 is 0 Å². The van der Waals surface area contributed by atoms with Gasteiger partial charge in [0.05, 0.1) is 22.8 Å². The van der Waals surface area contributed by atoms with E-state index in [1.54, 1.807) is 0 Å². The Morgan fingerprint density at radius 2 is 1.95 bits per heavy atom. The smallest absolute Gasteiger partial charge is 0.318 e. The van der Waals surface area contributed by atoms with Crippen LogP contribution in [0.5, 0.6) is 6.01 Å². The molecular weight excluding hydrogens is 567 g/mol.